The number of likely N-dealkylation sites (tertiary alicyclic amines) is 1. The normalized spacial score (nSPS) is 15.8. The molecule has 0 spiro atoms. The quantitative estimate of drug-likeness (QED) is 0.455. The van der Waals surface area contributed by atoms with Crippen molar-refractivity contribution in [3.63, 3.8) is 0 Å². The van der Waals surface area contributed by atoms with Crippen LogP contribution in [0, 0.1) is 0 Å². The number of piperidine rings is 1. The molecule has 0 aliphatic carbocycles. The van der Waals surface area contributed by atoms with Gasteiger partial charge in [-0.25, -0.2) is 0 Å². The van der Waals surface area contributed by atoms with Crippen LogP contribution < -0.4 is 9.47 Å². The predicted octanol–water partition coefficient (Wildman–Crippen LogP) is 4.68. The van der Waals surface area contributed by atoms with Gasteiger partial charge in [0, 0.05) is 31.6 Å². The van der Waals surface area contributed by atoms with E-state index in [2.05, 4.69) is 40.7 Å². The first-order chi connectivity index (χ1) is 13.5. The Morgan fingerprint density at radius 3 is 2.57 bits per heavy atom. The van der Waals surface area contributed by atoms with Gasteiger partial charge in [-0.2, -0.15) is 0 Å². The monoisotopic (exact) mass is 454 g/mol. The summed E-state index contributed by atoms with van der Waals surface area (Å²) in [6.45, 7) is 9.34. The van der Waals surface area contributed by atoms with Crippen LogP contribution in [0.25, 0.3) is 0 Å². The van der Waals surface area contributed by atoms with E-state index in [4.69, 9.17) is 9.47 Å². The first-order valence-electron chi connectivity index (χ1n) is 10.4. The Morgan fingerprint density at radius 1 is 1.18 bits per heavy atom. The second-order valence-corrected chi connectivity index (χ2v) is 8.42. The van der Waals surface area contributed by atoms with Crippen molar-refractivity contribution in [1.82, 2.24) is 9.80 Å². The molecule has 6 heteroatoms. The third-order valence-corrected chi connectivity index (χ3v) is 6.21. The minimum Gasteiger partial charge on any atom is -0.496 e. The van der Waals surface area contributed by atoms with Crippen LogP contribution in [0.1, 0.15) is 57.4 Å². The number of carbonyl (C=O) groups is 1. The average molecular weight is 455 g/mol. The molecule has 1 saturated heterocycles. The van der Waals surface area contributed by atoms with Gasteiger partial charge in [-0.3, -0.25) is 4.79 Å². The second kappa shape index (κ2) is 11.7. The van der Waals surface area contributed by atoms with Crippen molar-refractivity contribution in [2.24, 2.45) is 0 Å². The second-order valence-electron chi connectivity index (χ2n) is 7.57. The van der Waals surface area contributed by atoms with Crippen molar-refractivity contribution in [2.75, 3.05) is 46.9 Å². The zero-order chi connectivity index (χ0) is 20.5. The molecule has 158 valence electrons. The number of likely N-dealkylation sites (N-methyl/N-ethyl adjacent to an activating group) is 1. The Kier molecular flexibility index (Phi) is 9.59. The molecule has 1 atom stereocenters. The number of unbranched alkanes of at least 4 members (excludes halogenated alkanes) is 1. The lowest BCUT2D eigenvalue weighted by Crippen LogP contribution is -2.36. The summed E-state index contributed by atoms with van der Waals surface area (Å²) in [6.07, 6.45) is 5.14. The average Bonchev–Trinajstić information content (AvgIpc) is 2.70. The molecule has 0 bridgehead atoms. The number of methoxy groups -OCH3 is 2. The van der Waals surface area contributed by atoms with E-state index >= 15 is 0 Å². The Balaban J connectivity index is 1.87. The highest BCUT2D eigenvalue weighted by Crippen LogP contribution is 2.36. The van der Waals surface area contributed by atoms with Crippen molar-refractivity contribution < 1.29 is 14.3 Å². The smallest absolute Gasteiger partial charge is 0.222 e. The van der Waals surface area contributed by atoms with E-state index in [1.807, 2.05) is 11.0 Å². The van der Waals surface area contributed by atoms with E-state index in [0.717, 1.165) is 80.8 Å². The Morgan fingerprint density at radius 2 is 1.93 bits per heavy atom. The molecule has 1 unspecified atom stereocenters. The molecule has 1 aliphatic heterocycles. The van der Waals surface area contributed by atoms with Crippen molar-refractivity contribution in [3.8, 4) is 11.5 Å². The predicted molar refractivity (Wildman–Crippen MR) is 117 cm³/mol. The van der Waals surface area contributed by atoms with E-state index in [1.54, 1.807) is 14.2 Å². The third-order valence-electron chi connectivity index (χ3n) is 5.59. The molecule has 1 amide bonds. The van der Waals surface area contributed by atoms with Crippen LogP contribution in [0.5, 0.6) is 11.5 Å². The number of benzene rings is 1. The SMILES string of the molecule is CCN(CCCCN1CCCCC1=O)CC(C)c1cc(OC)c(Br)cc1OC. The number of rotatable bonds is 11. The van der Waals surface area contributed by atoms with Gasteiger partial charge in [0.15, 0.2) is 0 Å². The summed E-state index contributed by atoms with van der Waals surface area (Å²) in [4.78, 5) is 16.4. The highest BCUT2D eigenvalue weighted by atomic mass is 79.9. The van der Waals surface area contributed by atoms with E-state index in [-0.39, 0.29) is 0 Å². The summed E-state index contributed by atoms with van der Waals surface area (Å²) in [5, 5.41) is 0. The highest BCUT2D eigenvalue weighted by Gasteiger charge is 2.19. The maximum absolute atomic E-state index is 11.9. The van der Waals surface area contributed by atoms with Gasteiger partial charge in [-0.1, -0.05) is 13.8 Å². The van der Waals surface area contributed by atoms with Gasteiger partial charge in [0.25, 0.3) is 0 Å². The maximum Gasteiger partial charge on any atom is 0.222 e. The molecule has 0 N–H and O–H groups in total. The van der Waals surface area contributed by atoms with Crippen LogP contribution in [-0.4, -0.2) is 62.7 Å². The molecule has 28 heavy (non-hydrogen) atoms. The number of nitrogens with zero attached hydrogens (tertiary/aromatic N) is 2. The van der Waals surface area contributed by atoms with Gasteiger partial charge < -0.3 is 19.3 Å². The molecule has 0 radical (unpaired) electrons. The lowest BCUT2D eigenvalue weighted by Gasteiger charge is -2.28. The maximum atomic E-state index is 11.9. The molecule has 0 saturated carbocycles. The third kappa shape index (κ3) is 6.38. The summed E-state index contributed by atoms with van der Waals surface area (Å²) >= 11 is 3.53. The van der Waals surface area contributed by atoms with Gasteiger partial charge in [-0.15, -0.1) is 0 Å². The van der Waals surface area contributed by atoms with Crippen LogP contribution in [0.3, 0.4) is 0 Å². The first-order valence-corrected chi connectivity index (χ1v) is 11.2. The van der Waals surface area contributed by atoms with Crippen molar-refractivity contribution in [1.29, 1.82) is 0 Å². The van der Waals surface area contributed by atoms with Gasteiger partial charge in [0.05, 0.1) is 18.7 Å². The van der Waals surface area contributed by atoms with Gasteiger partial charge in [-0.05, 0) is 72.8 Å². The summed E-state index contributed by atoms with van der Waals surface area (Å²) in [7, 11) is 3.40. The van der Waals surface area contributed by atoms with Gasteiger partial charge in [0.1, 0.15) is 11.5 Å². The molecule has 0 aromatic heterocycles. The first kappa shape index (κ1) is 23.0. The zero-order valence-electron chi connectivity index (χ0n) is 17.8. The molecule has 1 aromatic carbocycles. The summed E-state index contributed by atoms with van der Waals surface area (Å²) in [6, 6.07) is 4.06. The van der Waals surface area contributed by atoms with Gasteiger partial charge >= 0.3 is 0 Å². The van der Waals surface area contributed by atoms with E-state index < -0.39 is 0 Å². The number of ether oxygens (including phenoxy) is 2. The zero-order valence-corrected chi connectivity index (χ0v) is 19.4. The molecule has 1 aliphatic rings. The van der Waals surface area contributed by atoms with Crippen molar-refractivity contribution in [3.05, 3.63) is 22.2 Å². The Labute approximate surface area is 178 Å². The summed E-state index contributed by atoms with van der Waals surface area (Å²) in [5.41, 5.74) is 1.17. The minimum absolute atomic E-state index is 0.334. The minimum atomic E-state index is 0.334. The lowest BCUT2D eigenvalue weighted by atomic mass is 9.98. The largest absolute Gasteiger partial charge is 0.496 e. The fourth-order valence-electron chi connectivity index (χ4n) is 3.87. The Bertz CT molecular complexity index is 638. The van der Waals surface area contributed by atoms with E-state index in [0.29, 0.717) is 11.8 Å². The fourth-order valence-corrected chi connectivity index (χ4v) is 4.35. The van der Waals surface area contributed by atoms with E-state index in [1.165, 1.54) is 5.56 Å². The molecule has 1 aromatic rings. The lowest BCUT2D eigenvalue weighted by molar-refractivity contribution is -0.133. The topological polar surface area (TPSA) is 42.0 Å². The molecular formula is C22H35BrN2O3. The van der Waals surface area contributed by atoms with Crippen LogP contribution in [0.4, 0.5) is 0 Å². The fraction of sp³-hybridized carbons (Fsp3) is 0.682. The van der Waals surface area contributed by atoms with Crippen LogP contribution in [0.15, 0.2) is 16.6 Å². The summed E-state index contributed by atoms with van der Waals surface area (Å²) in [5.74, 6) is 2.39. The van der Waals surface area contributed by atoms with Gasteiger partial charge in [0.2, 0.25) is 5.91 Å². The number of carbonyl (C=O) groups excluding carboxylic acids is 1. The molecular weight excluding hydrogens is 420 g/mol. The van der Waals surface area contributed by atoms with Crippen LogP contribution in [-0.2, 0) is 4.79 Å². The number of halogens is 1. The molecule has 5 nitrogen and oxygen atoms in total. The molecule has 1 heterocycles. The Hall–Kier alpha value is -1.27. The molecule has 1 fully saturated rings. The summed E-state index contributed by atoms with van der Waals surface area (Å²) < 4.78 is 12.0. The van der Waals surface area contributed by atoms with Crippen molar-refractivity contribution in [2.45, 2.75) is 51.9 Å². The number of hydrogen-bond acceptors (Lipinski definition) is 4. The van der Waals surface area contributed by atoms with Crippen molar-refractivity contribution >= 4 is 21.8 Å². The number of amides is 1. The van der Waals surface area contributed by atoms with Crippen LogP contribution in [0.2, 0.25) is 0 Å². The molecule has 2 rings (SSSR count). The number of hydrogen-bond donors (Lipinski definition) is 0. The van der Waals surface area contributed by atoms with E-state index in [9.17, 15) is 4.79 Å². The highest BCUT2D eigenvalue weighted by molar-refractivity contribution is 9.10. The van der Waals surface area contributed by atoms with Crippen LogP contribution >= 0.6 is 15.9 Å². The standard InChI is InChI=1S/C22H35BrN2O3/c1-5-24(11-8-9-13-25-12-7-6-10-22(25)26)16-17(2)18-14-21(28-4)19(23)15-20(18)27-3/h14-15,17H,5-13,16H2,1-4H3.